The zero-order valence-corrected chi connectivity index (χ0v) is 9.85. The van der Waals surface area contributed by atoms with Crippen molar-refractivity contribution in [1.29, 1.82) is 0 Å². The number of aromatic nitrogens is 1. The third-order valence-corrected chi connectivity index (χ3v) is 4.23. The van der Waals surface area contributed by atoms with Gasteiger partial charge in [0, 0.05) is 12.5 Å². The Hall–Kier alpha value is -0.450. The quantitative estimate of drug-likeness (QED) is 0.862. The SMILES string of the molecule is COC1(c2nc(CO)cs2)CCCCC1. The van der Waals surface area contributed by atoms with Gasteiger partial charge in [-0.1, -0.05) is 19.3 Å². The van der Waals surface area contributed by atoms with Crippen molar-refractivity contribution in [3.8, 4) is 0 Å². The summed E-state index contributed by atoms with van der Waals surface area (Å²) in [4.78, 5) is 4.44. The summed E-state index contributed by atoms with van der Waals surface area (Å²) in [5, 5.41) is 12.0. The van der Waals surface area contributed by atoms with Gasteiger partial charge < -0.3 is 9.84 Å². The minimum Gasteiger partial charge on any atom is -0.390 e. The van der Waals surface area contributed by atoms with Crippen molar-refractivity contribution in [2.75, 3.05) is 7.11 Å². The first-order valence-corrected chi connectivity index (χ1v) is 6.29. The van der Waals surface area contributed by atoms with Crippen molar-refractivity contribution in [1.82, 2.24) is 4.98 Å². The fourth-order valence-electron chi connectivity index (χ4n) is 2.22. The van der Waals surface area contributed by atoms with E-state index < -0.39 is 0 Å². The molecule has 2 rings (SSSR count). The minimum atomic E-state index is -0.170. The van der Waals surface area contributed by atoms with Gasteiger partial charge in [-0.05, 0) is 12.8 Å². The third kappa shape index (κ3) is 2.07. The van der Waals surface area contributed by atoms with Gasteiger partial charge in [-0.25, -0.2) is 4.98 Å². The van der Waals surface area contributed by atoms with Crippen LogP contribution in [-0.2, 0) is 16.9 Å². The van der Waals surface area contributed by atoms with E-state index in [-0.39, 0.29) is 12.2 Å². The molecule has 0 bridgehead atoms. The number of hydrogen-bond donors (Lipinski definition) is 1. The van der Waals surface area contributed by atoms with Crippen molar-refractivity contribution in [2.45, 2.75) is 44.3 Å². The van der Waals surface area contributed by atoms with Crippen molar-refractivity contribution in [2.24, 2.45) is 0 Å². The number of thiazole rings is 1. The zero-order valence-electron chi connectivity index (χ0n) is 9.03. The van der Waals surface area contributed by atoms with Gasteiger partial charge in [0.15, 0.2) is 0 Å². The summed E-state index contributed by atoms with van der Waals surface area (Å²) in [7, 11) is 1.77. The molecule has 15 heavy (non-hydrogen) atoms. The van der Waals surface area contributed by atoms with Gasteiger partial charge in [0.2, 0.25) is 0 Å². The second-order valence-corrected chi connectivity index (χ2v) is 4.92. The second kappa shape index (κ2) is 4.60. The fourth-order valence-corrected chi connectivity index (χ4v) is 3.26. The largest absolute Gasteiger partial charge is 0.390 e. The van der Waals surface area contributed by atoms with Crippen LogP contribution >= 0.6 is 11.3 Å². The Kier molecular flexibility index (Phi) is 3.38. The van der Waals surface area contributed by atoms with Crippen molar-refractivity contribution in [3.63, 3.8) is 0 Å². The number of aliphatic hydroxyl groups excluding tert-OH is 1. The Bertz CT molecular complexity index is 318. The Balaban J connectivity index is 2.24. The van der Waals surface area contributed by atoms with Gasteiger partial charge in [0.05, 0.1) is 12.3 Å². The molecular formula is C11H17NO2S. The van der Waals surface area contributed by atoms with Gasteiger partial charge in [-0.2, -0.15) is 0 Å². The van der Waals surface area contributed by atoms with Crippen LogP contribution < -0.4 is 0 Å². The van der Waals surface area contributed by atoms with E-state index in [9.17, 15) is 0 Å². The van der Waals surface area contributed by atoms with Gasteiger partial charge in [-0.15, -0.1) is 11.3 Å². The van der Waals surface area contributed by atoms with E-state index in [1.54, 1.807) is 18.4 Å². The summed E-state index contributed by atoms with van der Waals surface area (Å²) >= 11 is 1.61. The van der Waals surface area contributed by atoms with Crippen LogP contribution in [0.1, 0.15) is 42.8 Å². The molecule has 1 N–H and O–H groups in total. The number of hydrogen-bond acceptors (Lipinski definition) is 4. The molecule has 0 radical (unpaired) electrons. The Labute approximate surface area is 94.1 Å². The number of rotatable bonds is 3. The molecule has 0 aliphatic heterocycles. The highest BCUT2D eigenvalue weighted by molar-refractivity contribution is 7.09. The van der Waals surface area contributed by atoms with Crippen LogP contribution in [-0.4, -0.2) is 17.2 Å². The summed E-state index contributed by atoms with van der Waals surface area (Å²) in [6.45, 7) is 0.0241. The van der Waals surface area contributed by atoms with Gasteiger partial charge in [-0.3, -0.25) is 0 Å². The second-order valence-electron chi connectivity index (χ2n) is 4.06. The smallest absolute Gasteiger partial charge is 0.125 e. The van der Waals surface area contributed by atoms with E-state index in [0.29, 0.717) is 0 Å². The lowest BCUT2D eigenvalue weighted by molar-refractivity contribution is -0.0447. The molecule has 1 saturated carbocycles. The maximum atomic E-state index is 9.01. The molecule has 1 fully saturated rings. The predicted molar refractivity (Wildman–Crippen MR) is 59.8 cm³/mol. The molecule has 4 heteroatoms. The molecule has 0 amide bonds. The number of nitrogens with zero attached hydrogens (tertiary/aromatic N) is 1. The molecule has 0 spiro atoms. The summed E-state index contributed by atoms with van der Waals surface area (Å²) < 4.78 is 5.69. The average Bonchev–Trinajstić information content (AvgIpc) is 2.79. The highest BCUT2D eigenvalue weighted by atomic mass is 32.1. The van der Waals surface area contributed by atoms with E-state index >= 15 is 0 Å². The van der Waals surface area contributed by atoms with Gasteiger partial charge >= 0.3 is 0 Å². The van der Waals surface area contributed by atoms with Crippen LogP contribution in [0.4, 0.5) is 0 Å². The molecule has 1 heterocycles. The van der Waals surface area contributed by atoms with Gasteiger partial charge in [0.1, 0.15) is 10.6 Å². The topological polar surface area (TPSA) is 42.4 Å². The Morgan fingerprint density at radius 3 is 2.73 bits per heavy atom. The highest BCUT2D eigenvalue weighted by Crippen LogP contribution is 2.41. The molecule has 3 nitrogen and oxygen atoms in total. The molecule has 1 aromatic heterocycles. The lowest BCUT2D eigenvalue weighted by atomic mass is 9.85. The molecule has 1 aliphatic carbocycles. The monoisotopic (exact) mass is 227 g/mol. The molecule has 0 aromatic carbocycles. The van der Waals surface area contributed by atoms with Gasteiger partial charge in [0.25, 0.3) is 0 Å². The highest BCUT2D eigenvalue weighted by Gasteiger charge is 2.36. The van der Waals surface area contributed by atoms with Crippen LogP contribution in [0.25, 0.3) is 0 Å². The number of methoxy groups -OCH3 is 1. The van der Waals surface area contributed by atoms with Crippen LogP contribution in [0.5, 0.6) is 0 Å². The lowest BCUT2D eigenvalue weighted by Crippen LogP contribution is -2.30. The predicted octanol–water partition coefficient (Wildman–Crippen LogP) is 2.44. The molecule has 1 aliphatic rings. The zero-order chi connectivity index (χ0) is 10.7. The molecule has 0 unspecified atom stereocenters. The van der Waals surface area contributed by atoms with Crippen LogP contribution in [0.2, 0.25) is 0 Å². The summed E-state index contributed by atoms with van der Waals surface area (Å²) in [6.07, 6.45) is 5.83. The molecule has 0 saturated heterocycles. The first kappa shape index (κ1) is 11.0. The van der Waals surface area contributed by atoms with E-state index in [1.807, 2.05) is 5.38 Å². The molecule has 84 valence electrons. The Morgan fingerprint density at radius 1 is 1.47 bits per heavy atom. The first-order valence-electron chi connectivity index (χ1n) is 5.41. The van der Waals surface area contributed by atoms with Crippen molar-refractivity contribution >= 4 is 11.3 Å². The summed E-state index contributed by atoms with van der Waals surface area (Å²) in [5.74, 6) is 0. The normalized spacial score (nSPS) is 20.4. The maximum absolute atomic E-state index is 9.01. The fraction of sp³-hybridized carbons (Fsp3) is 0.727. The summed E-state index contributed by atoms with van der Waals surface area (Å²) in [5.41, 5.74) is 0.591. The van der Waals surface area contributed by atoms with E-state index in [4.69, 9.17) is 9.84 Å². The minimum absolute atomic E-state index is 0.0241. The Morgan fingerprint density at radius 2 is 2.20 bits per heavy atom. The van der Waals surface area contributed by atoms with E-state index in [2.05, 4.69) is 4.98 Å². The maximum Gasteiger partial charge on any atom is 0.125 e. The van der Waals surface area contributed by atoms with Crippen LogP contribution in [0.3, 0.4) is 0 Å². The number of aliphatic hydroxyl groups is 1. The van der Waals surface area contributed by atoms with Crippen molar-refractivity contribution < 1.29 is 9.84 Å². The standard InChI is InChI=1S/C11H17NO2S/c1-14-11(5-3-2-4-6-11)10-12-9(7-13)8-15-10/h8,13H,2-7H2,1H3. The average molecular weight is 227 g/mol. The third-order valence-electron chi connectivity index (χ3n) is 3.16. The molecule has 1 aromatic rings. The lowest BCUT2D eigenvalue weighted by Gasteiger charge is -2.34. The van der Waals surface area contributed by atoms with E-state index in [0.717, 1.165) is 23.5 Å². The van der Waals surface area contributed by atoms with Crippen LogP contribution in [0, 0.1) is 0 Å². The molecule has 0 atom stereocenters. The van der Waals surface area contributed by atoms with E-state index in [1.165, 1.54) is 19.3 Å². The number of ether oxygens (including phenoxy) is 1. The van der Waals surface area contributed by atoms with Crippen molar-refractivity contribution in [3.05, 3.63) is 16.1 Å². The van der Waals surface area contributed by atoms with Crippen LogP contribution in [0.15, 0.2) is 5.38 Å². The summed E-state index contributed by atoms with van der Waals surface area (Å²) in [6, 6.07) is 0. The first-order chi connectivity index (χ1) is 7.30. The molecular weight excluding hydrogens is 210 g/mol.